The van der Waals surface area contributed by atoms with E-state index in [9.17, 15) is 12.8 Å². The molecule has 2 bridgehead atoms. The third-order valence-corrected chi connectivity index (χ3v) is 7.63. The summed E-state index contributed by atoms with van der Waals surface area (Å²) in [6.45, 7) is 1.83. The summed E-state index contributed by atoms with van der Waals surface area (Å²) in [6, 6.07) is 4.30. The molecular weight excluding hydrogens is 485 g/mol. The number of benzene rings is 1. The van der Waals surface area contributed by atoms with E-state index >= 15 is 0 Å². The molecule has 3 aromatic rings. The second-order valence-electron chi connectivity index (χ2n) is 8.74. The van der Waals surface area contributed by atoms with Crippen LogP contribution in [0.15, 0.2) is 40.0 Å². The number of piperidine rings is 1. The Morgan fingerprint density at radius 1 is 1.21 bits per heavy atom. The van der Waals surface area contributed by atoms with Crippen molar-refractivity contribution < 1.29 is 22.1 Å². The van der Waals surface area contributed by atoms with Gasteiger partial charge in [-0.25, -0.2) is 22.8 Å². The average molecular weight is 508 g/mol. The summed E-state index contributed by atoms with van der Waals surface area (Å²) in [5.41, 5.74) is 0.321. The van der Waals surface area contributed by atoms with Gasteiger partial charge in [0.25, 0.3) is 5.89 Å². The SMILES string of the molecule is C[C@@H](OC1CC2CCC(C1)N2c1ncc(Cl)cn1)c1nc(-c2ccc(S(C)(=O)=O)c(F)c2)no1. The second kappa shape index (κ2) is 8.86. The van der Waals surface area contributed by atoms with E-state index in [1.165, 1.54) is 12.1 Å². The minimum absolute atomic E-state index is 0.0119. The molecule has 3 atom stereocenters. The van der Waals surface area contributed by atoms with E-state index in [0.29, 0.717) is 16.5 Å². The van der Waals surface area contributed by atoms with Crippen molar-refractivity contribution in [2.45, 2.75) is 61.8 Å². The Morgan fingerprint density at radius 2 is 1.88 bits per heavy atom. The number of rotatable bonds is 6. The highest BCUT2D eigenvalue weighted by molar-refractivity contribution is 7.90. The van der Waals surface area contributed by atoms with Crippen LogP contribution in [-0.2, 0) is 14.6 Å². The van der Waals surface area contributed by atoms with Gasteiger partial charge in [-0.15, -0.1) is 0 Å². The van der Waals surface area contributed by atoms with Crippen LogP contribution in [0.5, 0.6) is 0 Å². The van der Waals surface area contributed by atoms with E-state index in [0.717, 1.165) is 38.0 Å². The fraction of sp³-hybridized carbons (Fsp3) is 0.455. The molecule has 9 nitrogen and oxygen atoms in total. The molecule has 1 aromatic carbocycles. The predicted molar refractivity (Wildman–Crippen MR) is 122 cm³/mol. The smallest absolute Gasteiger partial charge is 0.255 e. The molecule has 2 aliphatic heterocycles. The zero-order valence-electron chi connectivity index (χ0n) is 18.6. The number of hydrogen-bond acceptors (Lipinski definition) is 9. The Kier molecular flexibility index (Phi) is 6.03. The van der Waals surface area contributed by atoms with Crippen molar-refractivity contribution in [2.24, 2.45) is 0 Å². The van der Waals surface area contributed by atoms with Gasteiger partial charge >= 0.3 is 0 Å². The zero-order chi connectivity index (χ0) is 24.0. The van der Waals surface area contributed by atoms with Gasteiger partial charge in [-0.3, -0.25) is 0 Å². The highest BCUT2D eigenvalue weighted by Gasteiger charge is 2.43. The summed E-state index contributed by atoms with van der Waals surface area (Å²) in [5.74, 6) is 0.277. The first kappa shape index (κ1) is 23.1. The van der Waals surface area contributed by atoms with Gasteiger partial charge in [-0.2, -0.15) is 4.98 Å². The minimum atomic E-state index is -3.66. The normalized spacial score (nSPS) is 23.3. The first-order chi connectivity index (χ1) is 16.2. The fourth-order valence-electron chi connectivity index (χ4n) is 4.81. The number of aromatic nitrogens is 4. The summed E-state index contributed by atoms with van der Waals surface area (Å²) >= 11 is 5.92. The number of ether oxygens (including phenoxy) is 1. The van der Waals surface area contributed by atoms with E-state index in [2.05, 4.69) is 25.0 Å². The summed E-state index contributed by atoms with van der Waals surface area (Å²) in [6.07, 6.45) is 7.48. The van der Waals surface area contributed by atoms with Crippen molar-refractivity contribution in [1.29, 1.82) is 0 Å². The Balaban J connectivity index is 1.25. The molecule has 2 fully saturated rings. The highest BCUT2D eigenvalue weighted by atomic mass is 35.5. The molecule has 0 amide bonds. The van der Waals surface area contributed by atoms with Gasteiger partial charge in [-0.1, -0.05) is 16.8 Å². The van der Waals surface area contributed by atoms with Crippen molar-refractivity contribution >= 4 is 27.4 Å². The third kappa shape index (κ3) is 4.51. The quantitative estimate of drug-likeness (QED) is 0.488. The maximum atomic E-state index is 14.2. The number of hydrogen-bond donors (Lipinski definition) is 0. The van der Waals surface area contributed by atoms with Crippen LogP contribution in [0.4, 0.5) is 10.3 Å². The van der Waals surface area contributed by atoms with Gasteiger partial charge in [0.1, 0.15) is 16.8 Å². The molecule has 34 heavy (non-hydrogen) atoms. The molecule has 2 saturated heterocycles. The minimum Gasteiger partial charge on any atom is -0.365 e. The molecule has 4 heterocycles. The summed E-state index contributed by atoms with van der Waals surface area (Å²) in [7, 11) is -3.66. The van der Waals surface area contributed by atoms with Crippen LogP contribution in [0.2, 0.25) is 5.02 Å². The van der Waals surface area contributed by atoms with Crippen LogP contribution in [0.1, 0.15) is 44.6 Å². The van der Waals surface area contributed by atoms with Gasteiger partial charge in [0.05, 0.1) is 23.5 Å². The summed E-state index contributed by atoms with van der Waals surface area (Å²) in [5, 5.41) is 4.43. The van der Waals surface area contributed by atoms with E-state index in [1.54, 1.807) is 12.4 Å². The zero-order valence-corrected chi connectivity index (χ0v) is 20.1. The van der Waals surface area contributed by atoms with E-state index < -0.39 is 21.8 Å². The molecule has 12 heteroatoms. The molecule has 2 aliphatic rings. The lowest BCUT2D eigenvalue weighted by molar-refractivity contribution is -0.0371. The molecule has 180 valence electrons. The van der Waals surface area contributed by atoms with Gasteiger partial charge < -0.3 is 14.2 Å². The fourth-order valence-corrected chi connectivity index (χ4v) is 5.63. The lowest BCUT2D eigenvalue weighted by Gasteiger charge is -2.39. The molecular formula is C22H23ClFN5O4S. The lowest BCUT2D eigenvalue weighted by atomic mass is 10.00. The molecule has 2 unspecified atom stereocenters. The largest absolute Gasteiger partial charge is 0.365 e. The standard InChI is InChI=1S/C22H23ClFN5O4S/c1-12(21-27-20(28-33-21)13-3-6-19(18(24)7-13)34(2,30)31)32-17-8-15-4-5-16(9-17)29(15)22-25-10-14(23)11-26-22/h3,6-7,10-12,15-17H,4-5,8-9H2,1-2H3/t12-,15?,16?,17?/m1/s1. The van der Waals surface area contributed by atoms with Crippen molar-refractivity contribution in [2.75, 3.05) is 11.2 Å². The van der Waals surface area contributed by atoms with Crippen LogP contribution in [0.25, 0.3) is 11.4 Å². The highest BCUT2D eigenvalue weighted by Crippen LogP contribution is 2.40. The molecule has 0 saturated carbocycles. The second-order valence-corrected chi connectivity index (χ2v) is 11.2. The van der Waals surface area contributed by atoms with Gasteiger partial charge in [0.15, 0.2) is 9.84 Å². The first-order valence-electron chi connectivity index (χ1n) is 10.9. The van der Waals surface area contributed by atoms with Gasteiger partial charge in [0.2, 0.25) is 11.8 Å². The Bertz CT molecular complexity index is 1290. The van der Waals surface area contributed by atoms with Crippen molar-refractivity contribution in [1.82, 2.24) is 20.1 Å². The maximum Gasteiger partial charge on any atom is 0.255 e. The van der Waals surface area contributed by atoms with E-state index in [4.69, 9.17) is 20.9 Å². The van der Waals surface area contributed by atoms with E-state index in [1.807, 2.05) is 6.92 Å². The number of fused-ring (bicyclic) bond motifs is 2. The maximum absolute atomic E-state index is 14.2. The Labute approximate surface area is 201 Å². The molecule has 0 aliphatic carbocycles. The molecule has 0 radical (unpaired) electrons. The van der Waals surface area contributed by atoms with Crippen LogP contribution in [-0.4, -0.2) is 53.0 Å². The number of halogens is 2. The summed E-state index contributed by atoms with van der Waals surface area (Å²) in [4.78, 5) is 15.0. The molecule has 2 aromatic heterocycles. The number of anilines is 1. The summed E-state index contributed by atoms with van der Waals surface area (Å²) < 4.78 is 49.1. The topological polar surface area (TPSA) is 111 Å². The van der Waals surface area contributed by atoms with Crippen molar-refractivity contribution in [3.05, 3.63) is 47.3 Å². The average Bonchev–Trinajstić information content (AvgIpc) is 3.37. The Morgan fingerprint density at radius 3 is 2.50 bits per heavy atom. The van der Waals surface area contributed by atoms with Crippen LogP contribution < -0.4 is 4.90 Å². The lowest BCUT2D eigenvalue weighted by Crippen LogP contribution is -2.46. The van der Waals surface area contributed by atoms with Gasteiger partial charge in [0, 0.05) is 23.9 Å². The Hall–Kier alpha value is -2.63. The van der Waals surface area contributed by atoms with Crippen LogP contribution in [0, 0.1) is 5.82 Å². The van der Waals surface area contributed by atoms with E-state index in [-0.39, 0.29) is 34.8 Å². The van der Waals surface area contributed by atoms with Crippen LogP contribution in [0.3, 0.4) is 0 Å². The molecule has 5 rings (SSSR count). The third-order valence-electron chi connectivity index (χ3n) is 6.30. The number of sulfone groups is 1. The predicted octanol–water partition coefficient (Wildman–Crippen LogP) is 4.00. The number of nitrogens with zero attached hydrogens (tertiary/aromatic N) is 5. The molecule has 0 N–H and O–H groups in total. The monoisotopic (exact) mass is 507 g/mol. The van der Waals surface area contributed by atoms with Gasteiger partial charge in [-0.05, 0) is 50.8 Å². The first-order valence-corrected chi connectivity index (χ1v) is 13.2. The van der Waals surface area contributed by atoms with Crippen LogP contribution >= 0.6 is 11.6 Å². The van der Waals surface area contributed by atoms with Crippen molar-refractivity contribution in [3.63, 3.8) is 0 Å². The van der Waals surface area contributed by atoms with Crippen molar-refractivity contribution in [3.8, 4) is 11.4 Å². The molecule has 0 spiro atoms.